The van der Waals surface area contributed by atoms with Crippen LogP contribution in [-0.2, 0) is 13.5 Å². The first-order valence-corrected chi connectivity index (χ1v) is 7.48. The maximum atomic E-state index is 12.1. The van der Waals surface area contributed by atoms with E-state index in [1.54, 1.807) is 14.0 Å². The molecular weight excluding hydrogens is 286 g/mol. The number of aromatic nitrogens is 2. The quantitative estimate of drug-likeness (QED) is 0.833. The highest BCUT2D eigenvalue weighted by Crippen LogP contribution is 2.18. The number of nitrogens with zero attached hydrogens (tertiary/aromatic N) is 2. The number of benzene rings is 1. The van der Waals surface area contributed by atoms with Crippen molar-refractivity contribution < 1.29 is 4.79 Å². The third-order valence-electron chi connectivity index (χ3n) is 3.40. The van der Waals surface area contributed by atoms with E-state index in [4.69, 9.17) is 11.6 Å². The molecule has 0 atom stereocenters. The number of carbonyl (C=O) groups is 1. The van der Waals surface area contributed by atoms with Crippen molar-refractivity contribution >= 4 is 17.5 Å². The number of unbranched alkanes of at least 4 members (excludes halogenated alkanes) is 1. The van der Waals surface area contributed by atoms with E-state index in [9.17, 15) is 4.79 Å². The van der Waals surface area contributed by atoms with Gasteiger partial charge in [-0.15, -0.1) is 0 Å². The van der Waals surface area contributed by atoms with E-state index >= 15 is 0 Å². The minimum Gasteiger partial charge on any atom is -0.352 e. The van der Waals surface area contributed by atoms with Crippen LogP contribution >= 0.6 is 11.6 Å². The van der Waals surface area contributed by atoms with E-state index in [-0.39, 0.29) is 5.91 Å². The fourth-order valence-electron chi connectivity index (χ4n) is 2.28. The molecule has 4 nitrogen and oxygen atoms in total. The van der Waals surface area contributed by atoms with Gasteiger partial charge < -0.3 is 5.32 Å². The number of amides is 1. The standard InChI is InChI=1S/C16H20ClN3O/c1-12-14(15(17)20(2)19-12)16(21)18-11-7-6-10-13-8-4-3-5-9-13/h3-5,8-9H,6-7,10-11H2,1-2H3,(H,18,21). The molecule has 112 valence electrons. The highest BCUT2D eigenvalue weighted by molar-refractivity contribution is 6.33. The lowest BCUT2D eigenvalue weighted by atomic mass is 10.1. The van der Waals surface area contributed by atoms with Crippen LogP contribution in [0.5, 0.6) is 0 Å². The molecule has 21 heavy (non-hydrogen) atoms. The normalized spacial score (nSPS) is 10.6. The van der Waals surface area contributed by atoms with Crippen molar-refractivity contribution in [1.29, 1.82) is 0 Å². The van der Waals surface area contributed by atoms with Crippen LogP contribution in [0.2, 0.25) is 5.15 Å². The molecule has 0 radical (unpaired) electrons. The molecule has 0 aliphatic rings. The molecule has 1 aromatic carbocycles. The Morgan fingerprint density at radius 3 is 2.62 bits per heavy atom. The van der Waals surface area contributed by atoms with Gasteiger partial charge in [0.15, 0.2) is 0 Å². The van der Waals surface area contributed by atoms with Gasteiger partial charge in [0.1, 0.15) is 5.15 Å². The maximum absolute atomic E-state index is 12.1. The Bertz CT molecular complexity index is 607. The lowest BCUT2D eigenvalue weighted by Crippen LogP contribution is -2.25. The average Bonchev–Trinajstić information content (AvgIpc) is 2.73. The molecule has 1 heterocycles. The summed E-state index contributed by atoms with van der Waals surface area (Å²) in [6, 6.07) is 10.4. The Morgan fingerprint density at radius 2 is 2.00 bits per heavy atom. The number of hydrogen-bond donors (Lipinski definition) is 1. The Balaban J connectivity index is 1.75. The van der Waals surface area contributed by atoms with Crippen LogP contribution in [0.3, 0.4) is 0 Å². The first kappa shape index (κ1) is 15.6. The van der Waals surface area contributed by atoms with Crippen molar-refractivity contribution in [3.05, 3.63) is 52.3 Å². The van der Waals surface area contributed by atoms with Gasteiger partial charge in [-0.1, -0.05) is 41.9 Å². The van der Waals surface area contributed by atoms with Crippen LogP contribution in [0, 0.1) is 6.92 Å². The van der Waals surface area contributed by atoms with Gasteiger partial charge in [-0.2, -0.15) is 5.10 Å². The molecule has 0 saturated heterocycles. The number of hydrogen-bond acceptors (Lipinski definition) is 2. The summed E-state index contributed by atoms with van der Waals surface area (Å²) in [7, 11) is 1.73. The van der Waals surface area contributed by atoms with Gasteiger partial charge in [0.2, 0.25) is 0 Å². The van der Waals surface area contributed by atoms with Crippen molar-refractivity contribution in [3.63, 3.8) is 0 Å². The van der Waals surface area contributed by atoms with Crippen molar-refractivity contribution in [2.24, 2.45) is 7.05 Å². The summed E-state index contributed by atoms with van der Waals surface area (Å²) in [4.78, 5) is 12.1. The predicted octanol–water partition coefficient (Wildman–Crippen LogP) is 3.13. The summed E-state index contributed by atoms with van der Waals surface area (Å²) in [5.74, 6) is -0.148. The molecule has 0 unspecified atom stereocenters. The minimum atomic E-state index is -0.148. The molecule has 1 N–H and O–H groups in total. The second kappa shape index (κ2) is 7.27. The van der Waals surface area contributed by atoms with E-state index in [2.05, 4.69) is 22.5 Å². The number of aryl methyl sites for hydroxylation is 3. The largest absolute Gasteiger partial charge is 0.352 e. The third-order valence-corrected chi connectivity index (χ3v) is 3.83. The Kier molecular flexibility index (Phi) is 5.39. The second-order valence-electron chi connectivity index (χ2n) is 5.07. The maximum Gasteiger partial charge on any atom is 0.256 e. The monoisotopic (exact) mass is 305 g/mol. The smallest absolute Gasteiger partial charge is 0.256 e. The molecule has 0 aliphatic heterocycles. The number of carbonyl (C=O) groups excluding carboxylic acids is 1. The third kappa shape index (κ3) is 4.08. The highest BCUT2D eigenvalue weighted by Gasteiger charge is 2.18. The molecule has 5 heteroatoms. The molecule has 1 amide bonds. The topological polar surface area (TPSA) is 46.9 Å². The van der Waals surface area contributed by atoms with E-state index in [0.29, 0.717) is 23.0 Å². The molecule has 0 fully saturated rings. The molecule has 2 aromatic rings. The zero-order valence-electron chi connectivity index (χ0n) is 12.4. The summed E-state index contributed by atoms with van der Waals surface area (Å²) < 4.78 is 1.52. The van der Waals surface area contributed by atoms with Gasteiger partial charge in [-0.3, -0.25) is 9.48 Å². The van der Waals surface area contributed by atoms with E-state index < -0.39 is 0 Å². The molecule has 0 bridgehead atoms. The van der Waals surface area contributed by atoms with E-state index in [0.717, 1.165) is 19.3 Å². The van der Waals surface area contributed by atoms with E-state index in [1.165, 1.54) is 10.2 Å². The number of nitrogens with one attached hydrogen (secondary N) is 1. The van der Waals surface area contributed by atoms with Crippen molar-refractivity contribution in [2.45, 2.75) is 26.2 Å². The summed E-state index contributed by atoms with van der Waals surface area (Å²) in [5, 5.41) is 7.43. The van der Waals surface area contributed by atoms with Gasteiger partial charge in [0.25, 0.3) is 5.91 Å². The Morgan fingerprint density at radius 1 is 1.29 bits per heavy atom. The van der Waals surface area contributed by atoms with Crippen LogP contribution in [0.4, 0.5) is 0 Å². The summed E-state index contributed by atoms with van der Waals surface area (Å²) in [5.41, 5.74) is 2.46. The van der Waals surface area contributed by atoms with Gasteiger partial charge in [0, 0.05) is 13.6 Å². The van der Waals surface area contributed by atoms with E-state index in [1.807, 2.05) is 18.2 Å². The predicted molar refractivity (Wildman–Crippen MR) is 84.7 cm³/mol. The van der Waals surface area contributed by atoms with Gasteiger partial charge in [0.05, 0.1) is 11.3 Å². The molecule has 2 rings (SSSR count). The van der Waals surface area contributed by atoms with Crippen molar-refractivity contribution in [2.75, 3.05) is 6.54 Å². The zero-order chi connectivity index (χ0) is 15.2. The zero-order valence-corrected chi connectivity index (χ0v) is 13.2. The Hall–Kier alpha value is -1.81. The fraction of sp³-hybridized carbons (Fsp3) is 0.375. The molecular formula is C16H20ClN3O. The molecule has 0 spiro atoms. The molecule has 1 aromatic heterocycles. The number of halogens is 1. The first-order valence-electron chi connectivity index (χ1n) is 7.11. The van der Waals surface area contributed by atoms with Crippen LogP contribution in [0.15, 0.2) is 30.3 Å². The fourth-order valence-corrected chi connectivity index (χ4v) is 2.54. The summed E-state index contributed by atoms with van der Waals surface area (Å²) in [6.45, 7) is 2.44. The van der Waals surface area contributed by atoms with Gasteiger partial charge >= 0.3 is 0 Å². The van der Waals surface area contributed by atoms with Gasteiger partial charge in [-0.25, -0.2) is 0 Å². The molecule has 0 aliphatic carbocycles. The van der Waals surface area contributed by atoms with Crippen LogP contribution in [0.25, 0.3) is 0 Å². The highest BCUT2D eigenvalue weighted by atomic mass is 35.5. The second-order valence-corrected chi connectivity index (χ2v) is 5.43. The lowest BCUT2D eigenvalue weighted by molar-refractivity contribution is 0.0952. The van der Waals surface area contributed by atoms with Gasteiger partial charge in [-0.05, 0) is 31.7 Å². The van der Waals surface area contributed by atoms with Crippen molar-refractivity contribution in [3.8, 4) is 0 Å². The minimum absolute atomic E-state index is 0.148. The average molecular weight is 306 g/mol. The number of rotatable bonds is 6. The first-order chi connectivity index (χ1) is 10.1. The van der Waals surface area contributed by atoms with Crippen LogP contribution in [-0.4, -0.2) is 22.2 Å². The molecule has 0 saturated carbocycles. The summed E-state index contributed by atoms with van der Waals surface area (Å²) in [6.07, 6.45) is 3.02. The van der Waals surface area contributed by atoms with Crippen LogP contribution in [0.1, 0.15) is 34.5 Å². The van der Waals surface area contributed by atoms with Crippen molar-refractivity contribution in [1.82, 2.24) is 15.1 Å². The summed E-state index contributed by atoms with van der Waals surface area (Å²) >= 11 is 6.07. The Labute approximate surface area is 130 Å². The lowest BCUT2D eigenvalue weighted by Gasteiger charge is -2.05. The SMILES string of the molecule is Cc1nn(C)c(Cl)c1C(=O)NCCCCc1ccccc1. The van der Waals surface area contributed by atoms with Crippen LogP contribution < -0.4 is 5.32 Å².